The molecule has 1 aromatic heterocycles. The maximum absolute atomic E-state index is 12.7. The van der Waals surface area contributed by atoms with Crippen molar-refractivity contribution in [3.63, 3.8) is 0 Å². The molecule has 0 aliphatic carbocycles. The molecule has 7 nitrogen and oxygen atoms in total. The first kappa shape index (κ1) is 17.0. The van der Waals surface area contributed by atoms with E-state index in [0.29, 0.717) is 18.1 Å². The van der Waals surface area contributed by atoms with E-state index in [1.807, 2.05) is 6.92 Å². The minimum atomic E-state index is -3.89. The minimum absolute atomic E-state index is 0.0498. The quantitative estimate of drug-likeness (QED) is 0.783. The summed E-state index contributed by atoms with van der Waals surface area (Å²) in [6.07, 6.45) is 1.43. The average Bonchev–Trinajstić information content (AvgIpc) is 3.00. The number of hydrogen-bond donors (Lipinski definition) is 1. The van der Waals surface area contributed by atoms with Gasteiger partial charge >= 0.3 is 0 Å². The van der Waals surface area contributed by atoms with Crippen molar-refractivity contribution < 1.29 is 22.4 Å². The first-order valence-electron chi connectivity index (χ1n) is 6.97. The molecule has 0 saturated heterocycles. The third-order valence-electron chi connectivity index (χ3n) is 3.02. The Labute approximate surface area is 134 Å². The second-order valence-electron chi connectivity index (χ2n) is 4.72. The van der Waals surface area contributed by atoms with Crippen molar-refractivity contribution in [1.82, 2.24) is 4.31 Å². The zero-order valence-corrected chi connectivity index (χ0v) is 13.5. The molecule has 1 aromatic carbocycles. The fourth-order valence-corrected chi connectivity index (χ4v) is 3.37. The van der Waals surface area contributed by atoms with E-state index in [9.17, 15) is 13.2 Å². The summed E-state index contributed by atoms with van der Waals surface area (Å²) in [4.78, 5) is 11.3. The van der Waals surface area contributed by atoms with Crippen LogP contribution < -0.4 is 10.5 Å². The Hall–Kier alpha value is -2.32. The molecule has 124 valence electrons. The van der Waals surface area contributed by atoms with Crippen molar-refractivity contribution in [2.24, 2.45) is 5.73 Å². The van der Waals surface area contributed by atoms with Crippen LogP contribution in [0.15, 0.2) is 52.0 Å². The number of sulfonamides is 1. The zero-order chi connectivity index (χ0) is 16.9. The van der Waals surface area contributed by atoms with Crippen molar-refractivity contribution in [2.75, 3.05) is 13.2 Å². The van der Waals surface area contributed by atoms with Crippen LogP contribution in [-0.2, 0) is 21.4 Å². The number of amides is 1. The van der Waals surface area contributed by atoms with Crippen molar-refractivity contribution in [2.45, 2.75) is 18.4 Å². The summed E-state index contributed by atoms with van der Waals surface area (Å²) in [6.45, 7) is 1.81. The lowest BCUT2D eigenvalue weighted by atomic mass is 10.3. The first-order chi connectivity index (χ1) is 10.9. The molecule has 2 N–H and O–H groups in total. The maximum Gasteiger partial charge on any atom is 0.243 e. The van der Waals surface area contributed by atoms with Crippen LogP contribution in [-0.4, -0.2) is 31.8 Å². The Kier molecular flexibility index (Phi) is 5.41. The van der Waals surface area contributed by atoms with E-state index in [1.165, 1.54) is 18.4 Å². The highest BCUT2D eigenvalue weighted by Gasteiger charge is 2.27. The third kappa shape index (κ3) is 4.33. The molecule has 0 atom stereocenters. The van der Waals surface area contributed by atoms with Gasteiger partial charge in [-0.05, 0) is 43.3 Å². The fraction of sp³-hybridized carbons (Fsp3) is 0.267. The van der Waals surface area contributed by atoms with E-state index in [-0.39, 0.29) is 11.4 Å². The molecule has 8 heteroatoms. The Morgan fingerprint density at radius 2 is 1.96 bits per heavy atom. The predicted molar refractivity (Wildman–Crippen MR) is 83.1 cm³/mol. The molecule has 0 aliphatic rings. The van der Waals surface area contributed by atoms with Crippen LogP contribution in [0.2, 0.25) is 0 Å². The Balaban J connectivity index is 2.28. The van der Waals surface area contributed by atoms with Gasteiger partial charge in [-0.2, -0.15) is 4.31 Å². The number of primary amides is 1. The van der Waals surface area contributed by atoms with Crippen LogP contribution >= 0.6 is 0 Å². The highest BCUT2D eigenvalue weighted by molar-refractivity contribution is 7.89. The highest BCUT2D eigenvalue weighted by Crippen LogP contribution is 2.21. The number of hydrogen-bond acceptors (Lipinski definition) is 5. The number of ether oxygens (including phenoxy) is 1. The summed E-state index contributed by atoms with van der Waals surface area (Å²) >= 11 is 0. The number of rotatable bonds is 8. The zero-order valence-electron chi connectivity index (χ0n) is 12.6. The van der Waals surface area contributed by atoms with Gasteiger partial charge in [0.05, 0.1) is 30.9 Å². The molecule has 23 heavy (non-hydrogen) atoms. The van der Waals surface area contributed by atoms with Gasteiger partial charge in [0, 0.05) is 0 Å². The van der Waals surface area contributed by atoms with Gasteiger partial charge < -0.3 is 14.9 Å². The Bertz CT molecular complexity index is 739. The molecule has 0 fully saturated rings. The highest BCUT2D eigenvalue weighted by atomic mass is 32.2. The molecule has 0 unspecified atom stereocenters. The Morgan fingerprint density at radius 3 is 2.48 bits per heavy atom. The summed E-state index contributed by atoms with van der Waals surface area (Å²) in [5.74, 6) is 0.241. The van der Waals surface area contributed by atoms with Crippen LogP contribution in [0, 0.1) is 0 Å². The lowest BCUT2D eigenvalue weighted by Gasteiger charge is -2.19. The number of nitrogens with two attached hydrogens (primary N) is 1. The normalized spacial score (nSPS) is 11.6. The monoisotopic (exact) mass is 338 g/mol. The van der Waals surface area contributed by atoms with Gasteiger partial charge in [0.2, 0.25) is 15.9 Å². The molecule has 0 aliphatic heterocycles. The van der Waals surface area contributed by atoms with Crippen LogP contribution in [0.1, 0.15) is 12.7 Å². The average molecular weight is 338 g/mol. The van der Waals surface area contributed by atoms with Gasteiger partial charge in [0.15, 0.2) is 0 Å². The van der Waals surface area contributed by atoms with E-state index >= 15 is 0 Å². The van der Waals surface area contributed by atoms with Crippen LogP contribution in [0.25, 0.3) is 0 Å². The van der Waals surface area contributed by atoms with Crippen LogP contribution in [0.3, 0.4) is 0 Å². The largest absolute Gasteiger partial charge is 0.494 e. The SMILES string of the molecule is CCOc1ccc(S(=O)(=O)N(CC(N)=O)Cc2ccco2)cc1. The molecule has 2 rings (SSSR count). The van der Waals surface area contributed by atoms with E-state index in [4.69, 9.17) is 14.9 Å². The number of benzene rings is 1. The van der Waals surface area contributed by atoms with E-state index in [0.717, 1.165) is 4.31 Å². The molecule has 1 amide bonds. The summed E-state index contributed by atoms with van der Waals surface area (Å²) in [5.41, 5.74) is 5.17. The number of furan rings is 1. The first-order valence-corrected chi connectivity index (χ1v) is 8.41. The molecular weight excluding hydrogens is 320 g/mol. The van der Waals surface area contributed by atoms with Crippen LogP contribution in [0.4, 0.5) is 0 Å². The second-order valence-corrected chi connectivity index (χ2v) is 6.66. The predicted octanol–water partition coefficient (Wildman–Crippen LogP) is 1.35. The molecule has 0 saturated carbocycles. The lowest BCUT2D eigenvalue weighted by Crippen LogP contribution is -2.37. The van der Waals surface area contributed by atoms with Crippen molar-refractivity contribution in [1.29, 1.82) is 0 Å². The summed E-state index contributed by atoms with van der Waals surface area (Å²) in [7, 11) is -3.89. The van der Waals surface area contributed by atoms with Crippen LogP contribution in [0.5, 0.6) is 5.75 Å². The van der Waals surface area contributed by atoms with Crippen molar-refractivity contribution in [3.05, 3.63) is 48.4 Å². The second kappa shape index (κ2) is 7.30. The molecule has 1 heterocycles. The minimum Gasteiger partial charge on any atom is -0.494 e. The van der Waals surface area contributed by atoms with E-state index < -0.39 is 22.5 Å². The van der Waals surface area contributed by atoms with Gasteiger partial charge in [-0.25, -0.2) is 8.42 Å². The molecule has 2 aromatic rings. The summed E-state index contributed by atoms with van der Waals surface area (Å²) < 4.78 is 36.8. The van der Waals surface area contributed by atoms with E-state index in [1.54, 1.807) is 24.3 Å². The number of carbonyl (C=O) groups excluding carboxylic acids is 1. The number of carbonyl (C=O) groups is 1. The summed E-state index contributed by atoms with van der Waals surface area (Å²) in [6, 6.07) is 9.24. The number of nitrogens with zero attached hydrogens (tertiary/aromatic N) is 1. The van der Waals surface area contributed by atoms with E-state index in [2.05, 4.69) is 0 Å². The molecule has 0 bridgehead atoms. The maximum atomic E-state index is 12.7. The topological polar surface area (TPSA) is 103 Å². The standard InChI is InChI=1S/C15H18N2O5S/c1-2-21-12-5-7-14(8-6-12)23(19,20)17(11-15(16)18)10-13-4-3-9-22-13/h3-9H,2,10-11H2,1H3,(H2,16,18). The molecule has 0 radical (unpaired) electrons. The molecular formula is C15H18N2O5S. The fourth-order valence-electron chi connectivity index (χ4n) is 2.00. The van der Waals surface area contributed by atoms with Gasteiger partial charge in [-0.15, -0.1) is 0 Å². The Morgan fingerprint density at radius 1 is 1.26 bits per heavy atom. The lowest BCUT2D eigenvalue weighted by molar-refractivity contribution is -0.118. The van der Waals surface area contributed by atoms with Gasteiger partial charge in [-0.3, -0.25) is 4.79 Å². The van der Waals surface area contributed by atoms with Gasteiger partial charge in [0.25, 0.3) is 0 Å². The van der Waals surface area contributed by atoms with Gasteiger partial charge in [0.1, 0.15) is 11.5 Å². The summed E-state index contributed by atoms with van der Waals surface area (Å²) in [5, 5.41) is 0. The molecule has 0 spiro atoms. The smallest absolute Gasteiger partial charge is 0.243 e. The third-order valence-corrected chi connectivity index (χ3v) is 4.82. The van der Waals surface area contributed by atoms with Crippen molar-refractivity contribution in [3.8, 4) is 5.75 Å². The van der Waals surface area contributed by atoms with Gasteiger partial charge in [-0.1, -0.05) is 0 Å². The van der Waals surface area contributed by atoms with Crippen molar-refractivity contribution >= 4 is 15.9 Å².